The van der Waals surface area contributed by atoms with E-state index >= 15 is 0 Å². The molecule has 2 N–H and O–H groups in total. The van der Waals surface area contributed by atoms with E-state index in [4.69, 9.17) is 14.6 Å². The maximum Gasteiger partial charge on any atom is 0.410 e. The fraction of sp³-hybridized carbons (Fsp3) is 0.375. The highest BCUT2D eigenvalue weighted by Gasteiger charge is 2.33. The van der Waals surface area contributed by atoms with Gasteiger partial charge in [0.05, 0.1) is 16.5 Å². The molecule has 5 rings (SSSR count). The van der Waals surface area contributed by atoms with Crippen LogP contribution >= 0.6 is 0 Å². The summed E-state index contributed by atoms with van der Waals surface area (Å²) in [5.74, 6) is 0.610. The highest BCUT2D eigenvalue weighted by molar-refractivity contribution is 7.85. The van der Waals surface area contributed by atoms with Gasteiger partial charge < -0.3 is 15.0 Å². The average Bonchev–Trinajstić information content (AvgIpc) is 3.45. The number of hydrogen-bond acceptors (Lipinski definition) is 6. The van der Waals surface area contributed by atoms with Crippen molar-refractivity contribution in [2.24, 2.45) is 5.92 Å². The third-order valence-electron chi connectivity index (χ3n) is 7.70. The predicted molar refractivity (Wildman–Crippen MR) is 157 cm³/mol. The number of hydrogen-bond donors (Lipinski definition) is 2. The third kappa shape index (κ3) is 9.15. The smallest absolute Gasteiger partial charge is 0.410 e. The molecule has 3 aromatic rings. The molecule has 3 aromatic carbocycles. The summed E-state index contributed by atoms with van der Waals surface area (Å²) in [5, 5.41) is 12.9. The Bertz CT molecular complexity index is 1430. The number of ether oxygens (including phenoxy) is 1. The van der Waals surface area contributed by atoms with E-state index in [1.165, 1.54) is 30.5 Å². The first kappa shape index (κ1) is 30.3. The molecule has 2 aliphatic heterocycles. The molecule has 0 radical (unpaired) electrons. The lowest BCUT2D eigenvalue weighted by atomic mass is 9.89. The number of amides is 1. The molecule has 2 saturated heterocycles. The van der Waals surface area contributed by atoms with Crippen molar-refractivity contribution < 1.29 is 22.5 Å². The van der Waals surface area contributed by atoms with E-state index in [-0.39, 0.29) is 11.0 Å². The highest BCUT2D eigenvalue weighted by Crippen LogP contribution is 2.29. The number of rotatable bonds is 6. The lowest BCUT2D eigenvalue weighted by Gasteiger charge is -2.34. The van der Waals surface area contributed by atoms with Gasteiger partial charge in [-0.15, -0.1) is 0 Å². The van der Waals surface area contributed by atoms with Gasteiger partial charge >= 0.3 is 6.09 Å². The first-order valence-corrected chi connectivity index (χ1v) is 15.4. The van der Waals surface area contributed by atoms with Crippen molar-refractivity contribution in [1.29, 1.82) is 5.26 Å². The second-order valence-corrected chi connectivity index (χ2v) is 12.1. The van der Waals surface area contributed by atoms with Crippen LogP contribution in [0.3, 0.4) is 0 Å². The quantitative estimate of drug-likeness (QED) is 0.372. The van der Waals surface area contributed by atoms with Gasteiger partial charge in [-0.1, -0.05) is 60.2 Å². The Hall–Kier alpha value is -3.71. The minimum absolute atomic E-state index is 0.0666. The monoisotopic (exact) mass is 575 g/mol. The summed E-state index contributed by atoms with van der Waals surface area (Å²) in [6.07, 6.45) is 5.17. The van der Waals surface area contributed by atoms with Crippen molar-refractivity contribution in [2.45, 2.75) is 62.6 Å². The Labute approximate surface area is 242 Å². The van der Waals surface area contributed by atoms with Gasteiger partial charge in [-0.05, 0) is 80.3 Å². The van der Waals surface area contributed by atoms with Crippen molar-refractivity contribution in [3.05, 3.63) is 101 Å². The van der Waals surface area contributed by atoms with Crippen LogP contribution in [0, 0.1) is 24.2 Å². The van der Waals surface area contributed by atoms with E-state index in [1.807, 2.05) is 60.4 Å². The van der Waals surface area contributed by atoms with Gasteiger partial charge in [0.2, 0.25) is 0 Å². The predicted octanol–water partition coefficient (Wildman–Crippen LogP) is 5.51. The van der Waals surface area contributed by atoms with Crippen LogP contribution < -0.4 is 5.32 Å². The van der Waals surface area contributed by atoms with Gasteiger partial charge in [0.15, 0.2) is 0 Å². The lowest BCUT2D eigenvalue weighted by Crippen LogP contribution is -2.44. The summed E-state index contributed by atoms with van der Waals surface area (Å²) in [6, 6.07) is 26.9. The molecule has 0 bridgehead atoms. The Morgan fingerprint density at radius 2 is 1.66 bits per heavy atom. The second-order valence-electron chi connectivity index (χ2n) is 10.7. The Morgan fingerprint density at radius 3 is 2.32 bits per heavy atom. The van der Waals surface area contributed by atoms with Crippen molar-refractivity contribution in [3.63, 3.8) is 0 Å². The molecule has 0 saturated carbocycles. The van der Waals surface area contributed by atoms with Crippen molar-refractivity contribution in [1.82, 2.24) is 10.2 Å². The molecule has 2 heterocycles. The third-order valence-corrected chi connectivity index (χ3v) is 8.57. The molecule has 2 aliphatic rings. The summed E-state index contributed by atoms with van der Waals surface area (Å²) in [6.45, 7) is 3.71. The lowest BCUT2D eigenvalue weighted by molar-refractivity contribution is 0.0787. The first-order valence-electron chi connectivity index (χ1n) is 14.0. The number of aryl methyl sites for hydroxylation is 1. The number of likely N-dealkylation sites (tertiary alicyclic amines) is 1. The normalized spacial score (nSPS) is 19.1. The van der Waals surface area contributed by atoms with Gasteiger partial charge in [0.1, 0.15) is 6.61 Å². The topological polar surface area (TPSA) is 120 Å². The fourth-order valence-corrected chi connectivity index (χ4v) is 5.92. The van der Waals surface area contributed by atoms with E-state index in [0.717, 1.165) is 49.0 Å². The van der Waals surface area contributed by atoms with E-state index in [0.29, 0.717) is 24.6 Å². The highest BCUT2D eigenvalue weighted by atomic mass is 32.2. The molecule has 9 heteroatoms. The van der Waals surface area contributed by atoms with Gasteiger partial charge in [-0.25, -0.2) is 4.79 Å². The van der Waals surface area contributed by atoms with Crippen LogP contribution in [0.4, 0.5) is 4.79 Å². The molecular formula is C32H37N3O5S. The van der Waals surface area contributed by atoms with Crippen LogP contribution in [0.1, 0.15) is 47.9 Å². The van der Waals surface area contributed by atoms with Gasteiger partial charge in [0.25, 0.3) is 10.1 Å². The summed E-state index contributed by atoms with van der Waals surface area (Å²) in [7, 11) is -4.02. The number of carbonyl (C=O) groups excluding carboxylic acids is 1. The van der Waals surface area contributed by atoms with Crippen LogP contribution in [-0.2, 0) is 27.9 Å². The molecule has 216 valence electrons. The molecule has 2 atom stereocenters. The van der Waals surface area contributed by atoms with Gasteiger partial charge in [-0.3, -0.25) is 4.55 Å². The minimum atomic E-state index is -4.02. The molecule has 1 amide bonds. The molecule has 0 aliphatic carbocycles. The first-order chi connectivity index (χ1) is 19.7. The number of nitrogens with zero attached hydrogens (tertiary/aromatic N) is 2. The van der Waals surface area contributed by atoms with E-state index in [2.05, 4.69) is 17.5 Å². The zero-order valence-electron chi connectivity index (χ0n) is 23.3. The zero-order valence-corrected chi connectivity index (χ0v) is 24.1. The van der Waals surface area contributed by atoms with Crippen molar-refractivity contribution >= 4 is 16.2 Å². The molecule has 0 aromatic heterocycles. The molecule has 41 heavy (non-hydrogen) atoms. The number of piperidine rings is 1. The molecular weight excluding hydrogens is 538 g/mol. The molecule has 0 spiro atoms. The molecule has 8 nitrogen and oxygen atoms in total. The standard InChI is InChI=1S/C25H29N3O2.C7H8O3S/c26-17-21-8-4-7-20(15-21)16-23-9-10-24(27-23)22-11-13-28(14-12-22)25(29)30-18-19-5-2-1-3-6-19;1-6-2-4-7(5-3-6)11(8,9)10/h1-8,15,22-24,27H,9-14,16,18H2;2-5H,1H3,(H,8,9,10)/t23-,24+;/m0./s1. The number of benzene rings is 3. The summed E-state index contributed by atoms with van der Waals surface area (Å²) >= 11 is 0. The van der Waals surface area contributed by atoms with Crippen LogP contribution in [0.2, 0.25) is 0 Å². The summed E-state index contributed by atoms with van der Waals surface area (Å²) in [4.78, 5) is 14.2. The summed E-state index contributed by atoms with van der Waals surface area (Å²) < 4.78 is 35.0. The molecule has 0 unspecified atom stereocenters. The van der Waals surface area contributed by atoms with Crippen LogP contribution in [0.5, 0.6) is 0 Å². The van der Waals surface area contributed by atoms with Crippen molar-refractivity contribution in [3.8, 4) is 6.07 Å². The fourth-order valence-electron chi connectivity index (χ4n) is 5.44. The Morgan fingerprint density at radius 1 is 0.976 bits per heavy atom. The van der Waals surface area contributed by atoms with Crippen LogP contribution in [0.25, 0.3) is 0 Å². The summed E-state index contributed by atoms with van der Waals surface area (Å²) in [5.41, 5.74) is 3.93. The number of nitrogens with one attached hydrogen (secondary N) is 1. The largest absolute Gasteiger partial charge is 0.445 e. The Kier molecular flexibility index (Phi) is 10.5. The van der Waals surface area contributed by atoms with Gasteiger partial charge in [-0.2, -0.15) is 13.7 Å². The Balaban J connectivity index is 0.000000296. The zero-order chi connectivity index (χ0) is 29.2. The van der Waals surface area contributed by atoms with Crippen LogP contribution in [0.15, 0.2) is 83.8 Å². The second kappa shape index (κ2) is 14.3. The van der Waals surface area contributed by atoms with E-state index < -0.39 is 10.1 Å². The van der Waals surface area contributed by atoms with Crippen LogP contribution in [-0.4, -0.2) is 49.1 Å². The van der Waals surface area contributed by atoms with Gasteiger partial charge in [0, 0.05) is 25.2 Å². The SMILES string of the molecule is Cc1ccc(S(=O)(=O)O)cc1.N#Cc1cccc(C[C@@H]2CC[C@H](C3CCN(C(=O)OCc4ccccc4)CC3)N2)c1. The average molecular weight is 576 g/mol. The van der Waals surface area contributed by atoms with Crippen molar-refractivity contribution in [2.75, 3.05) is 13.1 Å². The number of nitriles is 1. The maximum atomic E-state index is 12.4. The minimum Gasteiger partial charge on any atom is -0.445 e. The molecule has 2 fully saturated rings. The van der Waals surface area contributed by atoms with E-state index in [9.17, 15) is 13.2 Å². The van der Waals surface area contributed by atoms with E-state index in [1.54, 1.807) is 12.1 Å². The maximum absolute atomic E-state index is 12.4. The number of carbonyl (C=O) groups is 1.